The molecule has 2 unspecified atom stereocenters. The van der Waals surface area contributed by atoms with E-state index in [9.17, 15) is 13.2 Å². The molecule has 2 heterocycles. The van der Waals surface area contributed by atoms with Gasteiger partial charge >= 0.3 is 0 Å². The monoisotopic (exact) mass is 554 g/mol. The van der Waals surface area contributed by atoms with Gasteiger partial charge in [-0.1, -0.05) is 38.8 Å². The van der Waals surface area contributed by atoms with Gasteiger partial charge in [0, 0.05) is 51.0 Å². The van der Waals surface area contributed by atoms with Crippen LogP contribution in [-0.4, -0.2) is 78.1 Å². The zero-order chi connectivity index (χ0) is 28.0. The Morgan fingerprint density at radius 1 is 1.28 bits per heavy atom. The number of carbonyl (C=O) groups is 1. The molecule has 0 bridgehead atoms. The summed E-state index contributed by atoms with van der Waals surface area (Å²) in [4.78, 5) is 19.8. The summed E-state index contributed by atoms with van der Waals surface area (Å²) < 4.78 is 28.4. The topological polar surface area (TPSA) is 111 Å². The van der Waals surface area contributed by atoms with Crippen LogP contribution in [0, 0.1) is 22.7 Å². The summed E-state index contributed by atoms with van der Waals surface area (Å²) in [5, 5.41) is 12.1. The largest absolute Gasteiger partial charge is 0.354 e. The van der Waals surface area contributed by atoms with Crippen LogP contribution in [0.5, 0.6) is 0 Å². The second-order valence-corrected chi connectivity index (χ2v) is 13.9. The zero-order valence-electron chi connectivity index (χ0n) is 23.5. The molecule has 2 fully saturated rings. The third-order valence-electron chi connectivity index (χ3n) is 8.19. The minimum Gasteiger partial charge on any atom is -0.354 e. The molecular weight excluding hydrogens is 512 g/mol. The van der Waals surface area contributed by atoms with Crippen molar-refractivity contribution in [2.45, 2.75) is 65.0 Å². The van der Waals surface area contributed by atoms with Crippen molar-refractivity contribution in [3.05, 3.63) is 53.6 Å². The minimum atomic E-state index is -3.50. The number of hydrogen-bond acceptors (Lipinski definition) is 6. The fraction of sp³-hybridized carbons (Fsp3) is 0.621. The maximum Gasteiger partial charge on any atom is 0.239 e. The third kappa shape index (κ3) is 8.13. The molecule has 1 aliphatic heterocycles. The highest BCUT2D eigenvalue weighted by molar-refractivity contribution is 7.88. The van der Waals surface area contributed by atoms with E-state index in [4.69, 9.17) is 5.26 Å². The number of rotatable bonds is 10. The maximum absolute atomic E-state index is 13.3. The van der Waals surface area contributed by atoms with Crippen molar-refractivity contribution < 1.29 is 13.2 Å². The minimum absolute atomic E-state index is 0.253. The Labute approximate surface area is 233 Å². The highest BCUT2D eigenvalue weighted by Gasteiger charge is 2.37. The molecule has 1 saturated heterocycles. The number of nitriles is 1. The number of sulfonamides is 1. The van der Waals surface area contributed by atoms with Gasteiger partial charge in [-0.15, -0.1) is 0 Å². The van der Waals surface area contributed by atoms with E-state index in [-0.39, 0.29) is 5.91 Å². The summed E-state index contributed by atoms with van der Waals surface area (Å²) in [6, 6.07) is 8.90. The van der Waals surface area contributed by atoms with Gasteiger partial charge in [0.1, 0.15) is 6.04 Å². The molecular formula is C29H42N6O3S. The van der Waals surface area contributed by atoms with E-state index < -0.39 is 16.1 Å². The van der Waals surface area contributed by atoms with Gasteiger partial charge in [0.25, 0.3) is 0 Å². The molecule has 1 aromatic heterocycles. The van der Waals surface area contributed by atoms with Gasteiger partial charge in [-0.2, -0.15) is 9.57 Å². The highest BCUT2D eigenvalue weighted by atomic mass is 32.2. The Morgan fingerprint density at radius 2 is 2.10 bits per heavy atom. The Bertz CT molecular complexity index is 1280. The Kier molecular flexibility index (Phi) is 9.47. The Morgan fingerprint density at radius 3 is 2.85 bits per heavy atom. The van der Waals surface area contributed by atoms with Crippen LogP contribution in [-0.2, 0) is 27.8 Å². The summed E-state index contributed by atoms with van der Waals surface area (Å²) in [5.41, 5.74) is 2.97. The van der Waals surface area contributed by atoms with E-state index in [0.29, 0.717) is 56.0 Å². The molecule has 2 aromatic rings. The van der Waals surface area contributed by atoms with Crippen LogP contribution in [0.25, 0.3) is 0 Å². The Hall–Kier alpha value is -2.74. The fourth-order valence-electron chi connectivity index (χ4n) is 6.17. The predicted octanol–water partition coefficient (Wildman–Crippen LogP) is 3.01. The van der Waals surface area contributed by atoms with Crippen LogP contribution < -0.4 is 5.32 Å². The average Bonchev–Trinajstić information content (AvgIpc) is 3.32. The number of carbonyl (C=O) groups excluding carboxylic acids is 1. The van der Waals surface area contributed by atoms with Gasteiger partial charge in [0.2, 0.25) is 15.9 Å². The van der Waals surface area contributed by atoms with Crippen molar-refractivity contribution in [2.24, 2.45) is 11.3 Å². The molecule has 39 heavy (non-hydrogen) atoms. The van der Waals surface area contributed by atoms with Crippen molar-refractivity contribution in [3.8, 4) is 6.07 Å². The quantitative estimate of drug-likeness (QED) is 0.483. The smallest absolute Gasteiger partial charge is 0.239 e. The molecule has 0 spiro atoms. The first kappa shape index (κ1) is 29.2. The number of piperazine rings is 1. The van der Waals surface area contributed by atoms with Crippen LogP contribution in [0.2, 0.25) is 0 Å². The molecule has 10 heteroatoms. The fourth-order valence-corrected chi connectivity index (χ4v) is 7.21. The van der Waals surface area contributed by atoms with Crippen LogP contribution in [0.1, 0.15) is 62.8 Å². The van der Waals surface area contributed by atoms with Crippen molar-refractivity contribution in [3.63, 3.8) is 0 Å². The number of benzene rings is 1. The summed E-state index contributed by atoms with van der Waals surface area (Å²) in [6.45, 7) is 7.97. The number of hydrogen-bond donors (Lipinski definition) is 1. The molecule has 1 aliphatic carbocycles. The van der Waals surface area contributed by atoms with Crippen LogP contribution in [0.3, 0.4) is 0 Å². The first-order valence-electron chi connectivity index (χ1n) is 14.0. The highest BCUT2D eigenvalue weighted by Crippen LogP contribution is 2.39. The number of nitrogens with zero attached hydrogens (tertiary/aromatic N) is 5. The van der Waals surface area contributed by atoms with Gasteiger partial charge in [-0.05, 0) is 54.8 Å². The van der Waals surface area contributed by atoms with E-state index in [2.05, 4.69) is 35.1 Å². The summed E-state index contributed by atoms with van der Waals surface area (Å²) in [6.07, 6.45) is 11.4. The second-order valence-electron chi connectivity index (χ2n) is 12.0. The summed E-state index contributed by atoms with van der Waals surface area (Å²) in [5.74, 6) is 0.443. The van der Waals surface area contributed by atoms with Gasteiger partial charge in [0.05, 0.1) is 24.2 Å². The van der Waals surface area contributed by atoms with E-state index in [1.165, 1.54) is 36.2 Å². The van der Waals surface area contributed by atoms with Crippen molar-refractivity contribution >= 4 is 15.9 Å². The van der Waals surface area contributed by atoms with E-state index in [0.717, 1.165) is 24.2 Å². The molecule has 212 valence electrons. The van der Waals surface area contributed by atoms with Crippen LogP contribution in [0.15, 0.2) is 36.8 Å². The molecule has 9 nitrogen and oxygen atoms in total. The lowest BCUT2D eigenvalue weighted by Crippen LogP contribution is -2.60. The van der Waals surface area contributed by atoms with Crippen molar-refractivity contribution in [1.82, 2.24) is 24.1 Å². The SMILES string of the molecule is CC1(C)CCCC(CCN2CCN(S(C)(=O)=O)C(C(=O)NCCc3cncn3Cc3cccc(C#N)c3)C2)C1. The normalized spacial score (nSPS) is 22.3. The molecule has 2 atom stereocenters. The lowest BCUT2D eigenvalue weighted by atomic mass is 9.71. The first-order chi connectivity index (χ1) is 18.5. The van der Waals surface area contributed by atoms with Gasteiger partial charge in [-0.3, -0.25) is 9.69 Å². The number of amides is 1. The summed E-state index contributed by atoms with van der Waals surface area (Å²) in [7, 11) is -3.50. The van der Waals surface area contributed by atoms with Gasteiger partial charge in [-0.25, -0.2) is 13.4 Å². The van der Waals surface area contributed by atoms with E-state index in [1.54, 1.807) is 18.6 Å². The Balaban J connectivity index is 1.32. The molecule has 1 amide bonds. The number of imidazole rings is 1. The lowest BCUT2D eigenvalue weighted by Gasteiger charge is -2.40. The van der Waals surface area contributed by atoms with E-state index >= 15 is 0 Å². The van der Waals surface area contributed by atoms with Crippen molar-refractivity contribution in [1.29, 1.82) is 5.26 Å². The van der Waals surface area contributed by atoms with Gasteiger partial charge in [0.15, 0.2) is 0 Å². The molecule has 1 saturated carbocycles. The number of aromatic nitrogens is 2. The summed E-state index contributed by atoms with van der Waals surface area (Å²) >= 11 is 0. The standard InChI is InChI=1S/C29H42N6O3S/c1-29(2)11-5-8-23(17-29)10-13-33-14-15-35(39(3,37)38)27(21-33)28(36)32-12-9-26-19-31-22-34(26)20-25-7-4-6-24(16-25)18-30/h4,6-7,16,19,22-23,27H,5,8-15,17,20-21H2,1-3H3,(H,32,36). The molecule has 1 aromatic carbocycles. The van der Waals surface area contributed by atoms with E-state index in [1.807, 2.05) is 22.8 Å². The molecule has 2 aliphatic rings. The maximum atomic E-state index is 13.3. The van der Waals surface area contributed by atoms with Crippen LogP contribution >= 0.6 is 0 Å². The predicted molar refractivity (Wildman–Crippen MR) is 151 cm³/mol. The van der Waals surface area contributed by atoms with Crippen LogP contribution in [0.4, 0.5) is 0 Å². The second kappa shape index (κ2) is 12.6. The lowest BCUT2D eigenvalue weighted by molar-refractivity contribution is -0.126. The number of nitrogens with one attached hydrogen (secondary N) is 1. The average molecular weight is 555 g/mol. The van der Waals surface area contributed by atoms with Crippen molar-refractivity contribution in [2.75, 3.05) is 39.0 Å². The zero-order valence-corrected chi connectivity index (χ0v) is 24.3. The first-order valence-corrected chi connectivity index (χ1v) is 15.8. The molecule has 4 rings (SSSR count). The third-order valence-corrected chi connectivity index (χ3v) is 9.48. The molecule has 1 N–H and O–H groups in total. The van der Waals surface area contributed by atoms with Gasteiger partial charge < -0.3 is 9.88 Å². The molecule has 0 radical (unpaired) electrons.